The van der Waals surface area contributed by atoms with E-state index in [0.29, 0.717) is 5.92 Å². The number of hydrogen-bond donors (Lipinski definition) is 2. The topological polar surface area (TPSA) is 85.4 Å². The molecule has 0 radical (unpaired) electrons. The number of carboxylic acids is 1. The molecule has 1 saturated heterocycles. The molecule has 5 heteroatoms. The van der Waals surface area contributed by atoms with Crippen molar-refractivity contribution in [3.05, 3.63) is 23.5 Å². The molecule has 86 valence electrons. The maximum absolute atomic E-state index is 10.7. The summed E-state index contributed by atoms with van der Waals surface area (Å²) in [7, 11) is 0. The zero-order valence-electron chi connectivity index (χ0n) is 8.85. The zero-order valence-corrected chi connectivity index (χ0v) is 8.85. The summed E-state index contributed by atoms with van der Waals surface area (Å²) in [6.07, 6.45) is 3.48. The normalized spacial score (nSPS) is 17.2. The fraction of sp³-hybridized carbons (Fsp3) is 0.455. The molecule has 0 aliphatic carbocycles. The summed E-state index contributed by atoms with van der Waals surface area (Å²) in [5, 5.41) is 8.80. The number of nitrogens with two attached hydrogens (primary N) is 1. The summed E-state index contributed by atoms with van der Waals surface area (Å²) in [6.45, 7) is 1.48. The molecule has 0 bridgehead atoms. The third-order valence-corrected chi connectivity index (χ3v) is 2.83. The Balaban J connectivity index is 2.23. The molecule has 1 aliphatic heterocycles. The number of nitrogens with zero attached hydrogens (tertiary/aromatic N) is 1. The van der Waals surface area contributed by atoms with Gasteiger partial charge in [-0.2, -0.15) is 0 Å². The van der Waals surface area contributed by atoms with Crippen LogP contribution in [-0.2, 0) is 4.74 Å². The number of aromatic nitrogens is 1. The number of hydrogen-bond acceptors (Lipinski definition) is 4. The SMILES string of the molecule is Nc1cc(C2CCOCC2)cnc1C(=O)O. The summed E-state index contributed by atoms with van der Waals surface area (Å²) in [6, 6.07) is 1.71. The van der Waals surface area contributed by atoms with Crippen LogP contribution in [0.1, 0.15) is 34.8 Å². The molecule has 0 saturated carbocycles. The molecule has 1 aromatic heterocycles. The Bertz CT molecular complexity index is 400. The van der Waals surface area contributed by atoms with Gasteiger partial charge >= 0.3 is 5.97 Å². The van der Waals surface area contributed by atoms with Crippen molar-refractivity contribution >= 4 is 11.7 Å². The van der Waals surface area contributed by atoms with Gasteiger partial charge in [0.2, 0.25) is 0 Å². The van der Waals surface area contributed by atoms with Crippen molar-refractivity contribution in [2.75, 3.05) is 18.9 Å². The van der Waals surface area contributed by atoms with Crippen LogP contribution in [-0.4, -0.2) is 29.3 Å². The van der Waals surface area contributed by atoms with Gasteiger partial charge in [-0.15, -0.1) is 0 Å². The number of ether oxygens (including phenoxy) is 1. The van der Waals surface area contributed by atoms with Crippen molar-refractivity contribution in [2.45, 2.75) is 18.8 Å². The van der Waals surface area contributed by atoms with E-state index < -0.39 is 5.97 Å². The standard InChI is InChI=1S/C11H14N2O3/c12-9-5-8(6-13-10(9)11(14)15)7-1-3-16-4-2-7/h5-7H,1-4,12H2,(H,14,15). The van der Waals surface area contributed by atoms with Crippen LogP contribution in [0, 0.1) is 0 Å². The van der Waals surface area contributed by atoms with Gasteiger partial charge in [0.1, 0.15) is 0 Å². The van der Waals surface area contributed by atoms with E-state index in [4.69, 9.17) is 15.6 Å². The van der Waals surface area contributed by atoms with Gasteiger partial charge in [0.15, 0.2) is 5.69 Å². The number of carbonyl (C=O) groups is 1. The molecule has 16 heavy (non-hydrogen) atoms. The Labute approximate surface area is 93.2 Å². The van der Waals surface area contributed by atoms with Gasteiger partial charge in [0.25, 0.3) is 0 Å². The van der Waals surface area contributed by atoms with E-state index in [9.17, 15) is 4.79 Å². The zero-order chi connectivity index (χ0) is 11.5. The van der Waals surface area contributed by atoms with Crippen molar-refractivity contribution in [1.82, 2.24) is 4.98 Å². The maximum Gasteiger partial charge on any atom is 0.356 e. The second-order valence-corrected chi connectivity index (χ2v) is 3.90. The molecule has 5 nitrogen and oxygen atoms in total. The van der Waals surface area contributed by atoms with Gasteiger partial charge in [0, 0.05) is 19.4 Å². The number of anilines is 1. The Morgan fingerprint density at radius 1 is 1.50 bits per heavy atom. The van der Waals surface area contributed by atoms with Gasteiger partial charge in [-0.1, -0.05) is 0 Å². The van der Waals surface area contributed by atoms with Crippen LogP contribution in [0.15, 0.2) is 12.3 Å². The van der Waals surface area contributed by atoms with Crippen LogP contribution in [0.4, 0.5) is 5.69 Å². The fourth-order valence-corrected chi connectivity index (χ4v) is 1.93. The second kappa shape index (κ2) is 4.49. The molecule has 2 rings (SSSR count). The van der Waals surface area contributed by atoms with E-state index in [2.05, 4.69) is 4.98 Å². The van der Waals surface area contributed by atoms with Crippen molar-refractivity contribution in [1.29, 1.82) is 0 Å². The monoisotopic (exact) mass is 222 g/mol. The highest BCUT2D eigenvalue weighted by atomic mass is 16.5. The van der Waals surface area contributed by atoms with Crippen LogP contribution in [0.3, 0.4) is 0 Å². The molecule has 1 aromatic rings. The maximum atomic E-state index is 10.7. The van der Waals surface area contributed by atoms with Gasteiger partial charge in [-0.05, 0) is 30.4 Å². The van der Waals surface area contributed by atoms with Crippen molar-refractivity contribution < 1.29 is 14.6 Å². The number of rotatable bonds is 2. The van der Waals surface area contributed by atoms with Crippen molar-refractivity contribution in [2.24, 2.45) is 0 Å². The minimum absolute atomic E-state index is 0.0733. The Hall–Kier alpha value is -1.62. The van der Waals surface area contributed by atoms with E-state index in [-0.39, 0.29) is 11.4 Å². The molecule has 1 fully saturated rings. The predicted molar refractivity (Wildman–Crippen MR) is 58.4 cm³/mol. The van der Waals surface area contributed by atoms with Crippen molar-refractivity contribution in [3.63, 3.8) is 0 Å². The average molecular weight is 222 g/mol. The smallest absolute Gasteiger partial charge is 0.356 e. The molecular formula is C11H14N2O3. The average Bonchev–Trinajstić information content (AvgIpc) is 2.29. The van der Waals surface area contributed by atoms with E-state index >= 15 is 0 Å². The molecular weight excluding hydrogens is 208 g/mol. The first kappa shape index (κ1) is 10.9. The lowest BCUT2D eigenvalue weighted by Gasteiger charge is -2.22. The molecule has 0 amide bonds. The highest BCUT2D eigenvalue weighted by molar-refractivity contribution is 5.91. The predicted octanol–water partition coefficient (Wildman–Crippen LogP) is 1.26. The van der Waals surface area contributed by atoms with Gasteiger partial charge in [-0.3, -0.25) is 0 Å². The lowest BCUT2D eigenvalue weighted by Crippen LogP contribution is -2.15. The summed E-state index contributed by atoms with van der Waals surface area (Å²) in [5.74, 6) is -0.706. The Morgan fingerprint density at radius 2 is 2.19 bits per heavy atom. The largest absolute Gasteiger partial charge is 0.476 e. The van der Waals surface area contributed by atoms with E-state index in [0.717, 1.165) is 31.6 Å². The quantitative estimate of drug-likeness (QED) is 0.786. The molecule has 1 aliphatic rings. The van der Waals surface area contributed by atoms with E-state index in [1.54, 1.807) is 12.3 Å². The van der Waals surface area contributed by atoms with Crippen LogP contribution < -0.4 is 5.73 Å². The Kier molecular flexibility index (Phi) is 3.05. The minimum Gasteiger partial charge on any atom is -0.476 e. The molecule has 3 N–H and O–H groups in total. The van der Waals surface area contributed by atoms with Gasteiger partial charge in [0.05, 0.1) is 5.69 Å². The highest BCUT2D eigenvalue weighted by Crippen LogP contribution is 2.28. The Morgan fingerprint density at radius 3 is 2.75 bits per heavy atom. The number of carboxylic acid groups (broad SMARTS) is 1. The molecule has 0 atom stereocenters. The van der Waals surface area contributed by atoms with Crippen molar-refractivity contribution in [3.8, 4) is 0 Å². The molecule has 0 unspecified atom stereocenters. The van der Waals surface area contributed by atoms with Gasteiger partial charge in [-0.25, -0.2) is 9.78 Å². The summed E-state index contributed by atoms with van der Waals surface area (Å²) >= 11 is 0. The molecule has 2 heterocycles. The summed E-state index contributed by atoms with van der Waals surface area (Å²) < 4.78 is 5.27. The second-order valence-electron chi connectivity index (χ2n) is 3.90. The first-order chi connectivity index (χ1) is 7.68. The van der Waals surface area contributed by atoms with Gasteiger partial charge < -0.3 is 15.6 Å². The van der Waals surface area contributed by atoms with Crippen LogP contribution >= 0.6 is 0 Å². The van der Waals surface area contributed by atoms with E-state index in [1.807, 2.05) is 0 Å². The lowest BCUT2D eigenvalue weighted by molar-refractivity contribution is 0.0691. The van der Waals surface area contributed by atoms with Crippen LogP contribution in [0.2, 0.25) is 0 Å². The number of aromatic carboxylic acids is 1. The minimum atomic E-state index is -1.09. The molecule has 0 aromatic carbocycles. The highest BCUT2D eigenvalue weighted by Gasteiger charge is 2.18. The first-order valence-electron chi connectivity index (χ1n) is 5.25. The fourth-order valence-electron chi connectivity index (χ4n) is 1.93. The summed E-state index contributed by atoms with van der Waals surface area (Å²) in [5.41, 5.74) is 6.82. The lowest BCUT2D eigenvalue weighted by atomic mass is 9.92. The number of pyridine rings is 1. The molecule has 0 spiro atoms. The number of nitrogen functional groups attached to an aromatic ring is 1. The third kappa shape index (κ3) is 2.14. The summed E-state index contributed by atoms with van der Waals surface area (Å²) in [4.78, 5) is 14.6. The van der Waals surface area contributed by atoms with E-state index in [1.165, 1.54) is 0 Å². The van der Waals surface area contributed by atoms with Crippen LogP contribution in [0.25, 0.3) is 0 Å². The first-order valence-corrected chi connectivity index (χ1v) is 5.25. The third-order valence-electron chi connectivity index (χ3n) is 2.83. The van der Waals surface area contributed by atoms with Crippen LogP contribution in [0.5, 0.6) is 0 Å².